The van der Waals surface area contributed by atoms with E-state index < -0.39 is 40.5 Å². The number of alkyl halides is 3. The first kappa shape index (κ1) is 19.7. The average Bonchev–Trinajstić information content (AvgIpc) is 2.44. The summed E-state index contributed by atoms with van der Waals surface area (Å²) in [6.07, 6.45) is -5.10. The Hall–Kier alpha value is -2.32. The number of rotatable bonds is 5. The van der Waals surface area contributed by atoms with Crippen molar-refractivity contribution in [3.05, 3.63) is 32.7 Å². The van der Waals surface area contributed by atoms with Crippen LogP contribution in [-0.2, 0) is 22.1 Å². The highest BCUT2D eigenvalue weighted by atomic mass is 19.4. The van der Waals surface area contributed by atoms with E-state index in [1.54, 1.807) is 18.8 Å². The molecule has 0 aliphatic heterocycles. The van der Waals surface area contributed by atoms with Gasteiger partial charge in [0, 0.05) is 0 Å². The summed E-state index contributed by atoms with van der Waals surface area (Å²) < 4.78 is 48.8. The summed E-state index contributed by atoms with van der Waals surface area (Å²) in [7, 11) is 0.913. The van der Waals surface area contributed by atoms with E-state index in [0.29, 0.717) is 0 Å². The minimum atomic E-state index is -5.00. The standard InChI is InChI=1S/C15H18F3NO5/c1-5-24-14(22)10-8(6-7(2)3)9(13(21)23-4)11(15(16,17)18)19-12(10)20/h7H,5-6H2,1-4H3,(H,19,20). The zero-order chi connectivity index (χ0) is 18.7. The maximum atomic E-state index is 13.2. The zero-order valence-electron chi connectivity index (χ0n) is 13.7. The van der Waals surface area contributed by atoms with Gasteiger partial charge in [-0.2, -0.15) is 13.2 Å². The molecule has 1 rings (SSSR count). The molecule has 6 nitrogen and oxygen atoms in total. The third-order valence-electron chi connectivity index (χ3n) is 3.08. The van der Waals surface area contributed by atoms with E-state index in [9.17, 15) is 27.6 Å². The second kappa shape index (κ2) is 7.50. The molecule has 24 heavy (non-hydrogen) atoms. The Bertz CT molecular complexity index is 692. The van der Waals surface area contributed by atoms with Crippen LogP contribution in [0.25, 0.3) is 0 Å². The van der Waals surface area contributed by atoms with Crippen LogP contribution in [0.5, 0.6) is 0 Å². The molecule has 0 aromatic carbocycles. The molecule has 1 heterocycles. The van der Waals surface area contributed by atoms with Gasteiger partial charge in [-0.25, -0.2) is 9.59 Å². The molecule has 0 radical (unpaired) electrons. The van der Waals surface area contributed by atoms with Crippen LogP contribution in [0.2, 0.25) is 0 Å². The number of hydrogen-bond donors (Lipinski definition) is 1. The molecule has 0 aliphatic rings. The average molecular weight is 349 g/mol. The summed E-state index contributed by atoms with van der Waals surface area (Å²) in [5, 5.41) is 0. The molecule has 0 saturated heterocycles. The van der Waals surface area contributed by atoms with Crippen LogP contribution in [0.4, 0.5) is 13.2 Å². The normalized spacial score (nSPS) is 11.5. The van der Waals surface area contributed by atoms with Crippen molar-refractivity contribution in [2.24, 2.45) is 5.92 Å². The predicted molar refractivity (Wildman–Crippen MR) is 77.9 cm³/mol. The monoisotopic (exact) mass is 349 g/mol. The van der Waals surface area contributed by atoms with E-state index in [4.69, 9.17) is 4.74 Å². The van der Waals surface area contributed by atoms with Gasteiger partial charge in [0.05, 0.1) is 19.3 Å². The summed E-state index contributed by atoms with van der Waals surface area (Å²) in [6, 6.07) is 0. The third kappa shape index (κ3) is 4.15. The maximum absolute atomic E-state index is 13.2. The lowest BCUT2D eigenvalue weighted by Gasteiger charge is -2.18. The largest absolute Gasteiger partial charge is 0.465 e. The molecule has 0 saturated carbocycles. The lowest BCUT2D eigenvalue weighted by molar-refractivity contribution is -0.142. The highest BCUT2D eigenvalue weighted by Crippen LogP contribution is 2.33. The molecule has 0 amide bonds. The second-order valence-corrected chi connectivity index (χ2v) is 5.37. The van der Waals surface area contributed by atoms with Crippen molar-refractivity contribution in [3.63, 3.8) is 0 Å². The number of carbonyl (C=O) groups excluding carboxylic acids is 2. The topological polar surface area (TPSA) is 85.5 Å². The molecule has 134 valence electrons. The van der Waals surface area contributed by atoms with E-state index in [1.165, 1.54) is 6.92 Å². The van der Waals surface area contributed by atoms with Crippen molar-refractivity contribution in [2.45, 2.75) is 33.4 Å². The van der Waals surface area contributed by atoms with Gasteiger partial charge in [0.15, 0.2) is 0 Å². The van der Waals surface area contributed by atoms with Gasteiger partial charge in [-0.05, 0) is 24.8 Å². The Morgan fingerprint density at radius 1 is 1.17 bits per heavy atom. The Balaban J connectivity index is 3.89. The van der Waals surface area contributed by atoms with E-state index in [-0.39, 0.29) is 24.5 Å². The minimum Gasteiger partial charge on any atom is -0.465 e. The number of esters is 2. The first-order valence-electron chi connectivity index (χ1n) is 7.16. The predicted octanol–water partition coefficient (Wildman–Crippen LogP) is 2.56. The molecule has 1 aromatic heterocycles. The molecule has 1 aromatic rings. The van der Waals surface area contributed by atoms with Crippen LogP contribution < -0.4 is 5.56 Å². The van der Waals surface area contributed by atoms with Crippen molar-refractivity contribution in [1.29, 1.82) is 0 Å². The molecule has 0 atom stereocenters. The summed E-state index contributed by atoms with van der Waals surface area (Å²) in [5.74, 6) is -2.61. The van der Waals surface area contributed by atoms with Crippen molar-refractivity contribution in [3.8, 4) is 0 Å². The molecule has 0 bridgehead atoms. The number of aromatic amines is 1. The summed E-state index contributed by atoms with van der Waals surface area (Å²) in [4.78, 5) is 37.6. The number of nitrogens with one attached hydrogen (secondary N) is 1. The molecule has 0 spiro atoms. The van der Waals surface area contributed by atoms with Gasteiger partial charge in [-0.15, -0.1) is 0 Å². The van der Waals surface area contributed by atoms with Gasteiger partial charge < -0.3 is 14.5 Å². The van der Waals surface area contributed by atoms with Crippen LogP contribution in [0.1, 0.15) is 52.7 Å². The summed E-state index contributed by atoms with van der Waals surface area (Å²) in [5.41, 5.74) is -4.61. The fourth-order valence-electron chi connectivity index (χ4n) is 2.22. The van der Waals surface area contributed by atoms with Crippen LogP contribution in [0.3, 0.4) is 0 Å². The summed E-state index contributed by atoms with van der Waals surface area (Å²) >= 11 is 0. The highest BCUT2D eigenvalue weighted by molar-refractivity contribution is 5.98. The molecular weight excluding hydrogens is 331 g/mol. The van der Waals surface area contributed by atoms with Crippen LogP contribution in [-0.4, -0.2) is 30.6 Å². The smallest absolute Gasteiger partial charge is 0.432 e. The van der Waals surface area contributed by atoms with Gasteiger partial charge in [0.1, 0.15) is 11.3 Å². The molecular formula is C15H18F3NO5. The molecule has 0 unspecified atom stereocenters. The van der Waals surface area contributed by atoms with Crippen molar-refractivity contribution in [2.75, 3.05) is 13.7 Å². The highest BCUT2D eigenvalue weighted by Gasteiger charge is 2.40. The van der Waals surface area contributed by atoms with Gasteiger partial charge in [0.25, 0.3) is 5.56 Å². The number of carbonyl (C=O) groups is 2. The maximum Gasteiger partial charge on any atom is 0.432 e. The number of ether oxygens (including phenoxy) is 2. The van der Waals surface area contributed by atoms with Crippen LogP contribution >= 0.6 is 0 Å². The first-order chi connectivity index (χ1) is 11.0. The fraction of sp³-hybridized carbons (Fsp3) is 0.533. The van der Waals surface area contributed by atoms with Crippen LogP contribution in [0.15, 0.2) is 4.79 Å². The molecule has 0 fully saturated rings. The minimum absolute atomic E-state index is 0.0754. The molecule has 1 N–H and O–H groups in total. The number of H-pyrrole nitrogens is 1. The number of halogens is 3. The fourth-order valence-corrected chi connectivity index (χ4v) is 2.22. The van der Waals surface area contributed by atoms with Gasteiger partial charge >= 0.3 is 18.1 Å². The quantitative estimate of drug-likeness (QED) is 0.826. The molecule has 9 heteroatoms. The Labute approximate surface area is 136 Å². The van der Waals surface area contributed by atoms with E-state index in [2.05, 4.69) is 4.74 Å². The van der Waals surface area contributed by atoms with E-state index in [0.717, 1.165) is 7.11 Å². The lowest BCUT2D eigenvalue weighted by atomic mass is 9.92. The summed E-state index contributed by atoms with van der Waals surface area (Å²) in [6.45, 7) is 4.75. The van der Waals surface area contributed by atoms with Crippen LogP contribution in [0, 0.1) is 5.92 Å². The van der Waals surface area contributed by atoms with Crippen molar-refractivity contribution >= 4 is 11.9 Å². The van der Waals surface area contributed by atoms with E-state index >= 15 is 0 Å². The van der Waals surface area contributed by atoms with Gasteiger partial charge in [0.2, 0.25) is 0 Å². The Morgan fingerprint density at radius 2 is 1.75 bits per heavy atom. The Morgan fingerprint density at radius 3 is 2.17 bits per heavy atom. The van der Waals surface area contributed by atoms with Gasteiger partial charge in [-0.3, -0.25) is 4.79 Å². The SMILES string of the molecule is CCOC(=O)c1c(CC(C)C)c(C(=O)OC)c(C(F)(F)F)[nH]c1=O. The zero-order valence-corrected chi connectivity index (χ0v) is 13.7. The number of aromatic nitrogens is 1. The number of pyridine rings is 1. The number of methoxy groups -OCH3 is 1. The van der Waals surface area contributed by atoms with E-state index in [1.807, 2.05) is 0 Å². The Kier molecular flexibility index (Phi) is 6.16. The van der Waals surface area contributed by atoms with Gasteiger partial charge in [-0.1, -0.05) is 13.8 Å². The second-order valence-electron chi connectivity index (χ2n) is 5.37. The first-order valence-corrected chi connectivity index (χ1v) is 7.16. The van der Waals surface area contributed by atoms with Crippen molar-refractivity contribution < 1.29 is 32.2 Å². The van der Waals surface area contributed by atoms with Crippen molar-refractivity contribution in [1.82, 2.24) is 4.98 Å². The molecule has 0 aliphatic carbocycles. The third-order valence-corrected chi connectivity index (χ3v) is 3.08. The lowest BCUT2D eigenvalue weighted by Crippen LogP contribution is -2.31. The number of hydrogen-bond acceptors (Lipinski definition) is 5.